The molecule has 40 heavy (non-hydrogen) atoms. The normalized spacial score (nSPS) is 9.53. The van der Waals surface area contributed by atoms with Crippen molar-refractivity contribution in [1.29, 1.82) is 0 Å². The van der Waals surface area contributed by atoms with Crippen LogP contribution in [0.3, 0.4) is 0 Å². The fraction of sp³-hybridized carbons (Fsp3) is 0.250. The Morgan fingerprint density at radius 3 is 1.65 bits per heavy atom. The molecule has 0 heterocycles. The van der Waals surface area contributed by atoms with E-state index in [0.29, 0.717) is 11.0 Å². The second-order valence-corrected chi connectivity index (χ2v) is 9.88. The van der Waals surface area contributed by atoms with E-state index in [9.17, 15) is 10.1 Å². The van der Waals surface area contributed by atoms with Gasteiger partial charge in [-0.1, -0.05) is 57.7 Å². The summed E-state index contributed by atoms with van der Waals surface area (Å²) < 4.78 is 14.1. The van der Waals surface area contributed by atoms with Crippen LogP contribution in [0.25, 0.3) is 0 Å². The van der Waals surface area contributed by atoms with Gasteiger partial charge in [-0.3, -0.25) is 5.04 Å². The van der Waals surface area contributed by atoms with Gasteiger partial charge in [0.25, 0.3) is 0 Å². The minimum atomic E-state index is -0.391. The van der Waals surface area contributed by atoms with Gasteiger partial charge in [-0.2, -0.15) is 4.33 Å². The summed E-state index contributed by atoms with van der Waals surface area (Å²) in [6.07, 6.45) is 0.966. The molecule has 0 saturated heterocycles. The molecular formula is C28H36O8S2W2. The van der Waals surface area contributed by atoms with Crippen LogP contribution >= 0.6 is 12.0 Å². The van der Waals surface area contributed by atoms with Crippen LogP contribution in [0.1, 0.15) is 27.7 Å². The Hall–Kier alpha value is -1.77. The smallest absolute Gasteiger partial charge is 0.343 e. The molecule has 1 unspecified atom stereocenters. The van der Waals surface area contributed by atoms with Crippen LogP contribution in [0, 0.1) is 0 Å². The van der Waals surface area contributed by atoms with E-state index in [-0.39, 0.29) is 67.1 Å². The number of ether oxygens (including phenoxy) is 2. The Bertz CT molecular complexity index is 930. The molecular weight excluding hydrogens is 896 g/mol. The Balaban J connectivity index is -0.000000373. The van der Waals surface area contributed by atoms with Gasteiger partial charge in [-0.15, -0.1) is 0 Å². The second kappa shape index (κ2) is 30.2. The van der Waals surface area contributed by atoms with E-state index in [2.05, 4.69) is 74.8 Å². The molecule has 3 aromatic carbocycles. The number of esters is 1. The minimum Gasteiger partial charge on any atom is -0.691 e. The van der Waals surface area contributed by atoms with Gasteiger partial charge in [0.05, 0.1) is 18.0 Å². The van der Waals surface area contributed by atoms with Gasteiger partial charge >= 0.3 is 5.97 Å². The van der Waals surface area contributed by atoms with Gasteiger partial charge in [0.2, 0.25) is 0 Å². The van der Waals surface area contributed by atoms with Crippen LogP contribution in [0.15, 0.2) is 99.6 Å². The monoisotopic (exact) mass is 932 g/mol. The van der Waals surface area contributed by atoms with Gasteiger partial charge in [0, 0.05) is 59.4 Å². The number of hydrogen-bond acceptors (Lipinski definition) is 9. The molecule has 8 nitrogen and oxygen atoms in total. The van der Waals surface area contributed by atoms with Crippen molar-refractivity contribution < 1.29 is 80.6 Å². The van der Waals surface area contributed by atoms with E-state index in [1.54, 1.807) is 0 Å². The van der Waals surface area contributed by atoms with Crippen molar-refractivity contribution in [3.05, 3.63) is 84.9 Å². The standard InChI is InChI=1S/C21H19O3S.C4H10O3S.2CH2O.CH4.2W/c1-23-21(22)16-24-17-12-14-20(15-13-17)25(18-8-4-2-5-9-18)19-10-6-3-7-11-19;1-3-4(2)8-7-6-5;2*1-2;;;/h2-15H,16H2,1H3;4-5H,3H2,1-2H3;2*1H2;1H4;;/q+1;;;;;;/p-1. The number of carbonyl (C=O) groups is 3. The van der Waals surface area contributed by atoms with Gasteiger partial charge in [-0.25, -0.2) is 4.79 Å². The molecule has 0 aliphatic heterocycles. The quantitative estimate of drug-likeness (QED) is 0.0886. The first kappa shape index (κ1) is 45.2. The van der Waals surface area contributed by atoms with E-state index >= 15 is 0 Å². The average molecular weight is 932 g/mol. The maximum absolute atomic E-state index is 11.2. The molecule has 12 heteroatoms. The summed E-state index contributed by atoms with van der Waals surface area (Å²) in [7, 11) is 1.16. The Labute approximate surface area is 273 Å². The van der Waals surface area contributed by atoms with Gasteiger partial charge in [-0.05, 0) is 55.0 Å². The van der Waals surface area contributed by atoms with Crippen LogP contribution in [-0.4, -0.2) is 38.5 Å². The predicted octanol–water partition coefficient (Wildman–Crippen LogP) is 5.25. The van der Waals surface area contributed by atoms with E-state index in [1.807, 2.05) is 51.7 Å². The zero-order valence-corrected chi connectivity index (χ0v) is 29.4. The first-order valence-electron chi connectivity index (χ1n) is 10.9. The molecule has 220 valence electrons. The van der Waals surface area contributed by atoms with Crippen molar-refractivity contribution in [3.8, 4) is 5.75 Å². The van der Waals surface area contributed by atoms with Crippen molar-refractivity contribution in [1.82, 2.24) is 0 Å². The largest absolute Gasteiger partial charge is 0.691 e. The van der Waals surface area contributed by atoms with Crippen LogP contribution in [0.5, 0.6) is 5.75 Å². The third kappa shape index (κ3) is 18.6. The van der Waals surface area contributed by atoms with Crippen LogP contribution < -0.4 is 9.99 Å². The molecule has 0 saturated carbocycles. The molecule has 0 aromatic heterocycles. The summed E-state index contributed by atoms with van der Waals surface area (Å²) >= 11 is 1.04. The zero-order chi connectivity index (χ0) is 27.9. The van der Waals surface area contributed by atoms with E-state index in [1.165, 1.54) is 21.8 Å². The predicted molar refractivity (Wildman–Crippen MR) is 149 cm³/mol. The fourth-order valence-electron chi connectivity index (χ4n) is 2.55. The van der Waals surface area contributed by atoms with Crippen molar-refractivity contribution in [2.45, 2.75) is 47.6 Å². The number of hydrogen-bond donors (Lipinski definition) is 0. The summed E-state index contributed by atoms with van der Waals surface area (Å²) in [4.78, 5) is 30.9. The van der Waals surface area contributed by atoms with E-state index in [0.717, 1.165) is 18.5 Å². The molecule has 0 fully saturated rings. The number of benzene rings is 3. The Morgan fingerprint density at radius 1 is 0.850 bits per heavy atom. The molecule has 0 amide bonds. The van der Waals surface area contributed by atoms with Crippen LogP contribution in [-0.2, 0) is 81.5 Å². The number of carbonyl (C=O) groups excluding carboxylic acids is 3. The van der Waals surface area contributed by atoms with E-state index < -0.39 is 5.97 Å². The van der Waals surface area contributed by atoms with Crippen molar-refractivity contribution in [3.63, 3.8) is 0 Å². The van der Waals surface area contributed by atoms with Gasteiger partial charge < -0.3 is 24.3 Å². The molecule has 0 N–H and O–H groups in total. The third-order valence-corrected chi connectivity index (χ3v) is 7.43. The van der Waals surface area contributed by atoms with Gasteiger partial charge in [0.15, 0.2) is 21.3 Å². The molecule has 0 bridgehead atoms. The Morgan fingerprint density at radius 2 is 1.27 bits per heavy atom. The summed E-state index contributed by atoms with van der Waals surface area (Å²) in [6.45, 7) is 7.87. The fourth-order valence-corrected chi connectivity index (χ4v) is 4.93. The molecule has 3 rings (SSSR count). The topological polar surface area (TPSA) is 111 Å². The molecule has 1 atom stereocenters. The summed E-state index contributed by atoms with van der Waals surface area (Å²) in [5, 5.41) is 12.7. The minimum absolute atomic E-state index is 0. The maximum Gasteiger partial charge on any atom is 0.343 e. The van der Waals surface area contributed by atoms with Crippen LogP contribution in [0.4, 0.5) is 0 Å². The molecule has 3 aromatic rings. The van der Waals surface area contributed by atoms with Crippen molar-refractivity contribution >= 4 is 42.5 Å². The molecule has 0 aliphatic rings. The maximum atomic E-state index is 11.2. The number of rotatable bonds is 10. The first-order valence-corrected chi connectivity index (χ1v) is 13.0. The van der Waals surface area contributed by atoms with Gasteiger partial charge in [0.1, 0.15) is 19.3 Å². The van der Waals surface area contributed by atoms with E-state index in [4.69, 9.17) is 14.3 Å². The molecule has 0 aliphatic carbocycles. The first-order chi connectivity index (χ1) is 18.1. The summed E-state index contributed by atoms with van der Waals surface area (Å²) in [6, 6.07) is 28.8. The third-order valence-electron chi connectivity index (χ3n) is 4.41. The second-order valence-electron chi connectivity index (χ2n) is 6.72. The van der Waals surface area contributed by atoms with Crippen molar-refractivity contribution in [2.75, 3.05) is 13.7 Å². The SMILES string of the molecule is C.C=O.C=O.CCC(C)SOO[O-].COC(=O)COc1ccc([S+](c2ccccc2)c2ccccc2)cc1.[W].[W]. The molecule has 0 radical (unpaired) electrons. The van der Waals surface area contributed by atoms with Crippen molar-refractivity contribution in [2.24, 2.45) is 0 Å². The molecule has 0 spiro atoms. The summed E-state index contributed by atoms with van der Waals surface area (Å²) in [5.41, 5.74) is 0. The average Bonchev–Trinajstić information content (AvgIpc) is 2.99. The Kier molecular flexibility index (Phi) is 34.1. The zero-order valence-electron chi connectivity index (χ0n) is 21.9. The summed E-state index contributed by atoms with van der Waals surface area (Å²) in [5.74, 6) is 0.260. The van der Waals surface area contributed by atoms with Crippen LogP contribution in [0.2, 0.25) is 0 Å². The number of methoxy groups -OCH3 is 1.